The highest BCUT2D eigenvalue weighted by Crippen LogP contribution is 2.52. The molecule has 124 valence electrons. The molecule has 0 aromatic heterocycles. The van der Waals surface area contributed by atoms with E-state index < -0.39 is 11.7 Å². The quantitative estimate of drug-likeness (QED) is 0.606. The Morgan fingerprint density at radius 3 is 2.62 bits per heavy atom. The zero-order chi connectivity index (χ0) is 16.9. The van der Waals surface area contributed by atoms with Gasteiger partial charge in [0.25, 0.3) is 0 Å². The second-order valence-corrected chi connectivity index (χ2v) is 6.73. The third-order valence-corrected chi connectivity index (χ3v) is 5.15. The number of hydrogen-bond acceptors (Lipinski definition) is 1. The number of benzene rings is 2. The van der Waals surface area contributed by atoms with E-state index in [9.17, 15) is 13.2 Å². The first-order valence-corrected chi connectivity index (χ1v) is 8.22. The van der Waals surface area contributed by atoms with Crippen molar-refractivity contribution in [3.8, 4) is 0 Å². The summed E-state index contributed by atoms with van der Waals surface area (Å²) in [6, 6.07) is 11.6. The normalized spacial score (nSPS) is 25.1. The summed E-state index contributed by atoms with van der Waals surface area (Å²) >= 11 is 6.09. The summed E-state index contributed by atoms with van der Waals surface area (Å²) < 4.78 is 40.3. The second kappa shape index (κ2) is 5.55. The Hall–Kier alpha value is -1.94. The van der Waals surface area contributed by atoms with Crippen LogP contribution < -0.4 is 5.32 Å². The first kappa shape index (κ1) is 15.6. The lowest BCUT2D eigenvalue weighted by atomic mass is 9.76. The van der Waals surface area contributed by atoms with Crippen LogP contribution in [-0.2, 0) is 6.18 Å². The first-order valence-electron chi connectivity index (χ1n) is 7.84. The van der Waals surface area contributed by atoms with Gasteiger partial charge in [-0.05, 0) is 41.7 Å². The van der Waals surface area contributed by atoms with Crippen LogP contribution in [0, 0.1) is 5.92 Å². The van der Waals surface area contributed by atoms with Crippen LogP contribution in [0.1, 0.15) is 35.1 Å². The molecule has 0 amide bonds. The van der Waals surface area contributed by atoms with Crippen LogP contribution in [0.2, 0.25) is 5.02 Å². The lowest BCUT2D eigenvalue weighted by molar-refractivity contribution is -0.137. The van der Waals surface area contributed by atoms with Gasteiger partial charge in [0.15, 0.2) is 0 Å². The molecule has 1 heterocycles. The molecule has 0 fully saturated rings. The molecule has 4 rings (SSSR count). The largest absolute Gasteiger partial charge is 0.418 e. The molecule has 2 aromatic rings. The van der Waals surface area contributed by atoms with Gasteiger partial charge in [-0.2, -0.15) is 13.2 Å². The molecule has 0 radical (unpaired) electrons. The van der Waals surface area contributed by atoms with Crippen molar-refractivity contribution in [3.63, 3.8) is 0 Å². The molecule has 0 unspecified atom stereocenters. The molecular weight excluding hydrogens is 335 g/mol. The highest BCUT2D eigenvalue weighted by molar-refractivity contribution is 6.30. The third-order valence-electron chi connectivity index (χ3n) is 4.91. The average molecular weight is 350 g/mol. The number of fused-ring (bicyclic) bond motifs is 3. The maximum atomic E-state index is 13.4. The van der Waals surface area contributed by atoms with Gasteiger partial charge in [-0.15, -0.1) is 0 Å². The van der Waals surface area contributed by atoms with E-state index in [1.807, 2.05) is 24.3 Å². The Labute approximate surface area is 143 Å². The fourth-order valence-electron chi connectivity index (χ4n) is 3.89. The number of anilines is 1. The lowest BCUT2D eigenvalue weighted by Crippen LogP contribution is -2.30. The smallest absolute Gasteiger partial charge is 0.377 e. The molecule has 1 aliphatic carbocycles. The number of rotatable bonds is 1. The van der Waals surface area contributed by atoms with Crippen molar-refractivity contribution >= 4 is 17.3 Å². The van der Waals surface area contributed by atoms with Gasteiger partial charge in [-0.3, -0.25) is 0 Å². The number of para-hydroxylation sites is 1. The molecule has 0 bridgehead atoms. The fourth-order valence-corrected chi connectivity index (χ4v) is 4.09. The van der Waals surface area contributed by atoms with Crippen LogP contribution in [0.3, 0.4) is 0 Å². The minimum atomic E-state index is -4.38. The number of alkyl halides is 3. The third kappa shape index (κ3) is 2.49. The van der Waals surface area contributed by atoms with Gasteiger partial charge in [0.2, 0.25) is 0 Å². The van der Waals surface area contributed by atoms with Crippen molar-refractivity contribution in [1.29, 1.82) is 0 Å². The number of halogens is 4. The van der Waals surface area contributed by atoms with E-state index in [4.69, 9.17) is 11.6 Å². The number of hydrogen-bond donors (Lipinski definition) is 1. The average Bonchev–Trinajstić information content (AvgIpc) is 3.02. The Balaban J connectivity index is 1.85. The highest BCUT2D eigenvalue weighted by Gasteiger charge is 2.42. The molecule has 24 heavy (non-hydrogen) atoms. The van der Waals surface area contributed by atoms with E-state index in [0.717, 1.165) is 23.6 Å². The van der Waals surface area contributed by atoms with Crippen LogP contribution in [-0.4, -0.2) is 0 Å². The van der Waals surface area contributed by atoms with Crippen molar-refractivity contribution in [2.24, 2.45) is 5.92 Å². The molecule has 0 spiro atoms. The Morgan fingerprint density at radius 2 is 1.88 bits per heavy atom. The zero-order valence-corrected chi connectivity index (χ0v) is 13.4. The topological polar surface area (TPSA) is 12.0 Å². The first-order chi connectivity index (χ1) is 11.4. The maximum absolute atomic E-state index is 13.4. The van der Waals surface area contributed by atoms with Crippen LogP contribution in [0.15, 0.2) is 54.6 Å². The Morgan fingerprint density at radius 1 is 1.08 bits per heavy atom. The molecule has 2 aliphatic rings. The summed E-state index contributed by atoms with van der Waals surface area (Å²) in [6.07, 6.45) is 0.545. The molecule has 0 saturated carbocycles. The summed E-state index contributed by atoms with van der Waals surface area (Å²) in [5, 5.41) is 3.76. The monoisotopic (exact) mass is 349 g/mol. The molecule has 3 atom stereocenters. The van der Waals surface area contributed by atoms with E-state index >= 15 is 0 Å². The van der Waals surface area contributed by atoms with E-state index in [-0.39, 0.29) is 23.6 Å². The van der Waals surface area contributed by atoms with Crippen molar-refractivity contribution in [3.05, 3.63) is 76.3 Å². The van der Waals surface area contributed by atoms with Crippen LogP contribution >= 0.6 is 11.6 Å². The molecule has 1 N–H and O–H groups in total. The predicted octanol–water partition coefficient (Wildman–Crippen LogP) is 6.19. The van der Waals surface area contributed by atoms with E-state index in [1.165, 1.54) is 6.07 Å². The van der Waals surface area contributed by atoms with E-state index in [1.54, 1.807) is 12.1 Å². The standard InChI is InChI=1S/C19H15ClF3N/c20-12-5-1-4-11(10-12)17-14-7-2-6-13(14)15-8-3-9-16(18(15)24-17)19(21,22)23/h1-6,8-10,13-14,17,24H,7H2/t13-,14+,17+/m0/s1. The molecular formula is C19H15ClF3N. The molecule has 0 saturated heterocycles. The van der Waals surface area contributed by atoms with Crippen molar-refractivity contribution in [2.75, 3.05) is 5.32 Å². The number of nitrogens with one attached hydrogen (secondary N) is 1. The molecule has 2 aromatic carbocycles. The summed E-state index contributed by atoms with van der Waals surface area (Å²) in [6.45, 7) is 0. The zero-order valence-electron chi connectivity index (χ0n) is 12.6. The van der Waals surface area contributed by atoms with Crippen LogP contribution in [0.4, 0.5) is 18.9 Å². The van der Waals surface area contributed by atoms with Crippen molar-refractivity contribution in [1.82, 2.24) is 0 Å². The molecule has 1 nitrogen and oxygen atoms in total. The van der Waals surface area contributed by atoms with Gasteiger partial charge in [-0.25, -0.2) is 0 Å². The summed E-state index contributed by atoms with van der Waals surface area (Å²) in [4.78, 5) is 0. The van der Waals surface area contributed by atoms with Gasteiger partial charge < -0.3 is 5.32 Å². The maximum Gasteiger partial charge on any atom is 0.418 e. The van der Waals surface area contributed by atoms with Gasteiger partial charge >= 0.3 is 6.18 Å². The predicted molar refractivity (Wildman–Crippen MR) is 89.2 cm³/mol. The Bertz CT molecular complexity index is 812. The van der Waals surface area contributed by atoms with Crippen molar-refractivity contribution in [2.45, 2.75) is 24.6 Å². The van der Waals surface area contributed by atoms with Crippen LogP contribution in [0.25, 0.3) is 0 Å². The summed E-state index contributed by atoms with van der Waals surface area (Å²) in [5.41, 5.74) is 1.24. The SMILES string of the molecule is FC(F)(F)c1cccc2c1N[C@H](c1cccc(Cl)c1)[C@@H]1CC=C[C@H]21. The van der Waals surface area contributed by atoms with Gasteiger partial charge in [0.05, 0.1) is 17.3 Å². The van der Waals surface area contributed by atoms with Crippen LogP contribution in [0.5, 0.6) is 0 Å². The summed E-state index contributed by atoms with van der Waals surface area (Å²) in [7, 11) is 0. The fraction of sp³-hybridized carbons (Fsp3) is 0.263. The van der Waals surface area contributed by atoms with Crippen molar-refractivity contribution < 1.29 is 13.2 Å². The Kier molecular flexibility index (Phi) is 3.61. The minimum absolute atomic E-state index is 0.00692. The second-order valence-electron chi connectivity index (χ2n) is 6.30. The molecule has 5 heteroatoms. The minimum Gasteiger partial charge on any atom is -0.377 e. The highest BCUT2D eigenvalue weighted by atomic mass is 35.5. The van der Waals surface area contributed by atoms with E-state index in [2.05, 4.69) is 11.4 Å². The molecule has 1 aliphatic heterocycles. The lowest BCUT2D eigenvalue weighted by Gasteiger charge is -2.38. The summed E-state index contributed by atoms with van der Waals surface area (Å²) in [5.74, 6) is 0.187. The number of allylic oxidation sites excluding steroid dienone is 2. The van der Waals surface area contributed by atoms with Gasteiger partial charge in [-0.1, -0.05) is 48.0 Å². The van der Waals surface area contributed by atoms with Gasteiger partial charge in [0, 0.05) is 10.9 Å². The van der Waals surface area contributed by atoms with Gasteiger partial charge in [0.1, 0.15) is 0 Å². The van der Waals surface area contributed by atoms with E-state index in [0.29, 0.717) is 5.02 Å².